The molecule has 1 N–H and O–H groups in total. The van der Waals surface area contributed by atoms with Crippen LogP contribution in [-0.4, -0.2) is 56.8 Å². The van der Waals surface area contributed by atoms with Crippen LogP contribution in [0.25, 0.3) is 11.4 Å². The summed E-state index contributed by atoms with van der Waals surface area (Å²) in [5.41, 5.74) is 3.15. The van der Waals surface area contributed by atoms with Gasteiger partial charge in [0.2, 0.25) is 0 Å². The van der Waals surface area contributed by atoms with Crippen molar-refractivity contribution < 1.29 is 14.6 Å². The number of aryl methyl sites for hydroxylation is 2. The fraction of sp³-hybridized carbons (Fsp3) is 0.269. The molecule has 0 unspecified atom stereocenters. The number of Topliss-reactive ketones (excluding diaryl/α,β-unsaturated/α-hetero) is 1. The number of nitrogens with zero attached hydrogens (tertiary/aromatic N) is 7. The van der Waals surface area contributed by atoms with Crippen LogP contribution in [0, 0.1) is 6.92 Å². The van der Waals surface area contributed by atoms with Crippen LogP contribution in [0.1, 0.15) is 29.4 Å². The molecule has 4 aromatic rings. The second-order valence-corrected chi connectivity index (χ2v) is 8.33. The van der Waals surface area contributed by atoms with E-state index in [2.05, 4.69) is 20.1 Å². The Morgan fingerprint density at radius 1 is 1.08 bits per heavy atom. The van der Waals surface area contributed by atoms with E-state index >= 15 is 0 Å². The van der Waals surface area contributed by atoms with Crippen LogP contribution in [0.4, 0.5) is 23.0 Å². The highest BCUT2D eigenvalue weighted by molar-refractivity contribution is 6.02. The predicted molar refractivity (Wildman–Crippen MR) is 139 cm³/mol. The Kier molecular flexibility index (Phi) is 6.86. The number of ether oxygens (including phenoxy) is 1. The van der Waals surface area contributed by atoms with E-state index in [1.165, 1.54) is 0 Å². The Morgan fingerprint density at radius 3 is 2.50 bits per heavy atom. The Labute approximate surface area is 209 Å². The molecule has 0 aliphatic carbocycles. The zero-order valence-electron chi connectivity index (χ0n) is 21.2. The van der Waals surface area contributed by atoms with Crippen LogP contribution >= 0.6 is 0 Å². The summed E-state index contributed by atoms with van der Waals surface area (Å²) in [4.78, 5) is 29.9. The summed E-state index contributed by atoms with van der Waals surface area (Å²) in [6.45, 7) is 3.56. The molecule has 0 aliphatic rings. The zero-order valence-corrected chi connectivity index (χ0v) is 21.2. The van der Waals surface area contributed by atoms with Gasteiger partial charge in [0.1, 0.15) is 23.7 Å². The van der Waals surface area contributed by atoms with Gasteiger partial charge in [-0.25, -0.2) is 15.0 Å². The zero-order chi connectivity index (χ0) is 26.0. The predicted octanol–water partition coefficient (Wildman–Crippen LogP) is 4.42. The van der Waals surface area contributed by atoms with Crippen molar-refractivity contribution in [1.82, 2.24) is 24.7 Å². The number of para-hydroxylation sites is 1. The maximum absolute atomic E-state index is 12.9. The van der Waals surface area contributed by atoms with Gasteiger partial charge in [0, 0.05) is 39.8 Å². The van der Waals surface area contributed by atoms with Crippen LogP contribution in [0.15, 0.2) is 48.9 Å². The molecule has 3 heterocycles. The van der Waals surface area contributed by atoms with Crippen molar-refractivity contribution in [3.05, 3.63) is 60.2 Å². The maximum atomic E-state index is 12.9. The molecule has 186 valence electrons. The lowest BCUT2D eigenvalue weighted by molar-refractivity contribution is 0.0988. The molecule has 0 radical (unpaired) electrons. The van der Waals surface area contributed by atoms with E-state index in [-0.39, 0.29) is 11.5 Å². The van der Waals surface area contributed by atoms with Gasteiger partial charge in [-0.2, -0.15) is 5.10 Å². The van der Waals surface area contributed by atoms with Gasteiger partial charge in [0.25, 0.3) is 0 Å². The van der Waals surface area contributed by atoms with Gasteiger partial charge in [0.15, 0.2) is 17.4 Å². The molecule has 3 aromatic heterocycles. The number of aromatic nitrogens is 5. The summed E-state index contributed by atoms with van der Waals surface area (Å²) in [5.74, 6) is 2.42. The number of benzene rings is 1. The highest BCUT2D eigenvalue weighted by atomic mass is 16.5. The SMILES string of the molecule is CCC(=O)c1cnc(N(C)c2ccc(O)c(C)n2)cc1N(C)c1cccc(-c2ncn(C)n2)c1OC. The molecular weight excluding hydrogens is 458 g/mol. The maximum Gasteiger partial charge on any atom is 0.184 e. The summed E-state index contributed by atoms with van der Waals surface area (Å²) < 4.78 is 7.44. The molecule has 1 aromatic carbocycles. The van der Waals surface area contributed by atoms with Crippen LogP contribution < -0.4 is 14.5 Å². The molecule has 0 saturated carbocycles. The summed E-state index contributed by atoms with van der Waals surface area (Å²) in [7, 11) is 7.12. The third kappa shape index (κ3) is 4.57. The van der Waals surface area contributed by atoms with Gasteiger partial charge in [-0.05, 0) is 31.2 Å². The number of methoxy groups -OCH3 is 1. The molecule has 0 atom stereocenters. The topological polar surface area (TPSA) is 110 Å². The number of anilines is 4. The fourth-order valence-electron chi connectivity index (χ4n) is 3.92. The molecule has 10 heteroatoms. The van der Waals surface area contributed by atoms with E-state index in [1.807, 2.05) is 50.2 Å². The first kappa shape index (κ1) is 24.6. The lowest BCUT2D eigenvalue weighted by atomic mass is 10.1. The molecular formula is C26H29N7O3. The minimum Gasteiger partial charge on any atom is -0.506 e. The number of rotatable bonds is 8. The highest BCUT2D eigenvalue weighted by Gasteiger charge is 2.22. The largest absolute Gasteiger partial charge is 0.506 e. The number of pyridine rings is 2. The Hall–Kier alpha value is -4.47. The quantitative estimate of drug-likeness (QED) is 0.361. The van der Waals surface area contributed by atoms with Crippen LogP contribution in [0.5, 0.6) is 11.5 Å². The van der Waals surface area contributed by atoms with Crippen molar-refractivity contribution in [3.8, 4) is 22.9 Å². The molecule has 36 heavy (non-hydrogen) atoms. The number of ketones is 1. The molecule has 10 nitrogen and oxygen atoms in total. The summed E-state index contributed by atoms with van der Waals surface area (Å²) in [6.07, 6.45) is 3.56. The molecule has 0 bridgehead atoms. The monoisotopic (exact) mass is 487 g/mol. The van der Waals surface area contributed by atoms with Gasteiger partial charge in [-0.3, -0.25) is 9.48 Å². The average molecular weight is 488 g/mol. The third-order valence-electron chi connectivity index (χ3n) is 5.98. The van der Waals surface area contributed by atoms with Crippen molar-refractivity contribution in [3.63, 3.8) is 0 Å². The lowest BCUT2D eigenvalue weighted by Gasteiger charge is -2.26. The highest BCUT2D eigenvalue weighted by Crippen LogP contribution is 2.41. The first-order valence-electron chi connectivity index (χ1n) is 11.5. The van der Waals surface area contributed by atoms with Crippen LogP contribution in [0.3, 0.4) is 0 Å². The van der Waals surface area contributed by atoms with E-state index in [0.717, 1.165) is 11.3 Å². The van der Waals surface area contributed by atoms with Gasteiger partial charge < -0.3 is 19.6 Å². The van der Waals surface area contributed by atoms with Gasteiger partial charge in [-0.15, -0.1) is 0 Å². The molecule has 0 saturated heterocycles. The van der Waals surface area contributed by atoms with Crippen molar-refractivity contribution in [2.45, 2.75) is 20.3 Å². The van der Waals surface area contributed by atoms with Crippen molar-refractivity contribution >= 4 is 28.8 Å². The number of aromatic hydroxyl groups is 1. The van der Waals surface area contributed by atoms with Gasteiger partial charge >= 0.3 is 0 Å². The van der Waals surface area contributed by atoms with E-state index in [1.54, 1.807) is 55.3 Å². The summed E-state index contributed by atoms with van der Waals surface area (Å²) in [6, 6.07) is 10.9. The average Bonchev–Trinajstić information content (AvgIpc) is 3.34. The van der Waals surface area contributed by atoms with Crippen molar-refractivity contribution in [2.24, 2.45) is 7.05 Å². The van der Waals surface area contributed by atoms with E-state index < -0.39 is 0 Å². The standard InChI is InChI=1S/C26H29N7O3/c1-7-21(34)18-14-27-24(33(5)23-12-11-22(35)16(2)29-23)13-20(18)32(4)19-10-8-9-17(25(19)36-6)26-28-15-31(3)30-26/h8-15,35H,7H2,1-6H3. The molecule has 0 fully saturated rings. The molecule has 0 amide bonds. The van der Waals surface area contributed by atoms with Crippen molar-refractivity contribution in [2.75, 3.05) is 31.0 Å². The number of carbonyl (C=O) groups excluding carboxylic acids is 1. The lowest BCUT2D eigenvalue weighted by Crippen LogP contribution is -2.18. The summed E-state index contributed by atoms with van der Waals surface area (Å²) in [5, 5.41) is 14.3. The van der Waals surface area contributed by atoms with Gasteiger partial charge in [0.05, 0.1) is 35.3 Å². The number of carbonyl (C=O) groups is 1. The molecule has 0 spiro atoms. The number of hydrogen-bond acceptors (Lipinski definition) is 9. The molecule has 4 rings (SSSR count). The minimum absolute atomic E-state index is 0.0290. The van der Waals surface area contributed by atoms with E-state index in [9.17, 15) is 9.90 Å². The van der Waals surface area contributed by atoms with E-state index in [4.69, 9.17) is 4.74 Å². The normalized spacial score (nSPS) is 10.8. The Morgan fingerprint density at radius 2 is 1.86 bits per heavy atom. The molecule has 0 aliphatic heterocycles. The second-order valence-electron chi connectivity index (χ2n) is 8.33. The minimum atomic E-state index is -0.0290. The Balaban J connectivity index is 1.83. The summed E-state index contributed by atoms with van der Waals surface area (Å²) >= 11 is 0. The van der Waals surface area contributed by atoms with Crippen LogP contribution in [-0.2, 0) is 7.05 Å². The second kappa shape index (κ2) is 10.0. The first-order valence-corrected chi connectivity index (χ1v) is 11.5. The first-order chi connectivity index (χ1) is 17.2. The van der Waals surface area contributed by atoms with Crippen LogP contribution in [0.2, 0.25) is 0 Å². The Bertz CT molecular complexity index is 1420. The van der Waals surface area contributed by atoms with E-state index in [0.29, 0.717) is 46.6 Å². The fourth-order valence-corrected chi connectivity index (χ4v) is 3.92. The van der Waals surface area contributed by atoms with Crippen molar-refractivity contribution in [1.29, 1.82) is 0 Å². The number of hydrogen-bond donors (Lipinski definition) is 1. The smallest absolute Gasteiger partial charge is 0.184 e. The van der Waals surface area contributed by atoms with Gasteiger partial charge in [-0.1, -0.05) is 13.0 Å². The third-order valence-corrected chi connectivity index (χ3v) is 5.98.